The highest BCUT2D eigenvalue weighted by atomic mass is 16.5. The van der Waals surface area contributed by atoms with Crippen LogP contribution >= 0.6 is 0 Å². The van der Waals surface area contributed by atoms with E-state index in [1.54, 1.807) is 24.3 Å². The Morgan fingerprint density at radius 1 is 0.426 bits per heavy atom. The standard InChI is InChI=1S/C35H22O12/c36-23-10-7-18(14-26(23)39)33(42)45-29-5-2-4-21-22(29)13-17-3-1-6-30(46-34(43)19-8-11-24(37)27(40)15-19)31(17)32(21)47-35(44)20-9-12-25(38)28(41)16-20/h1-16,36-41H. The molecule has 0 radical (unpaired) electrons. The molecule has 0 fully saturated rings. The zero-order chi connectivity index (χ0) is 33.4. The van der Waals surface area contributed by atoms with Crippen LogP contribution in [0.3, 0.4) is 0 Å². The summed E-state index contributed by atoms with van der Waals surface area (Å²) in [6, 6.07) is 20.9. The summed E-state index contributed by atoms with van der Waals surface area (Å²) in [5.41, 5.74) is -0.286. The van der Waals surface area contributed by atoms with Crippen molar-refractivity contribution in [1.29, 1.82) is 0 Å². The van der Waals surface area contributed by atoms with Crippen molar-refractivity contribution in [3.05, 3.63) is 114 Å². The van der Waals surface area contributed by atoms with E-state index in [2.05, 4.69) is 0 Å². The molecule has 0 aliphatic heterocycles. The summed E-state index contributed by atoms with van der Waals surface area (Å²) in [4.78, 5) is 39.5. The highest BCUT2D eigenvalue weighted by Crippen LogP contribution is 2.44. The first kappa shape index (κ1) is 30.1. The Balaban J connectivity index is 1.50. The first-order valence-electron chi connectivity index (χ1n) is 13.7. The van der Waals surface area contributed by atoms with E-state index in [4.69, 9.17) is 14.2 Å². The van der Waals surface area contributed by atoms with Gasteiger partial charge in [0.2, 0.25) is 0 Å². The number of benzene rings is 6. The van der Waals surface area contributed by atoms with Crippen LogP contribution in [0.2, 0.25) is 0 Å². The van der Waals surface area contributed by atoms with Crippen LogP contribution in [0.15, 0.2) is 97.1 Å². The number of hydrogen-bond donors (Lipinski definition) is 6. The second kappa shape index (κ2) is 11.9. The molecule has 0 spiro atoms. The van der Waals surface area contributed by atoms with Gasteiger partial charge in [0.15, 0.2) is 40.2 Å². The van der Waals surface area contributed by atoms with Crippen molar-refractivity contribution in [2.45, 2.75) is 0 Å². The van der Waals surface area contributed by atoms with E-state index in [1.165, 1.54) is 36.4 Å². The fraction of sp³-hybridized carbons (Fsp3) is 0. The predicted molar refractivity (Wildman–Crippen MR) is 166 cm³/mol. The zero-order valence-corrected chi connectivity index (χ0v) is 23.9. The molecule has 6 aromatic rings. The van der Waals surface area contributed by atoms with Crippen LogP contribution in [0.25, 0.3) is 21.5 Å². The first-order chi connectivity index (χ1) is 22.5. The molecule has 6 aromatic carbocycles. The first-order valence-corrected chi connectivity index (χ1v) is 13.7. The molecule has 234 valence electrons. The SMILES string of the molecule is O=C(Oc1cccc2c(OC(=O)c3ccc(O)c(O)c3)c3c(OC(=O)c4ccc(O)c(O)c4)cccc3cc12)c1ccc(O)c(O)c1. The van der Waals surface area contributed by atoms with E-state index in [0.717, 1.165) is 36.4 Å². The summed E-state index contributed by atoms with van der Waals surface area (Å²) < 4.78 is 17.2. The molecule has 12 heteroatoms. The van der Waals surface area contributed by atoms with Gasteiger partial charge < -0.3 is 44.8 Å². The second-order valence-electron chi connectivity index (χ2n) is 10.2. The molecule has 0 atom stereocenters. The monoisotopic (exact) mass is 634 g/mol. The van der Waals surface area contributed by atoms with E-state index >= 15 is 0 Å². The van der Waals surface area contributed by atoms with Gasteiger partial charge in [-0.3, -0.25) is 0 Å². The third-order valence-electron chi connectivity index (χ3n) is 7.13. The fourth-order valence-corrected chi connectivity index (χ4v) is 4.79. The Morgan fingerprint density at radius 2 is 0.872 bits per heavy atom. The molecule has 0 aliphatic carbocycles. The molecule has 0 unspecified atom stereocenters. The lowest BCUT2D eigenvalue weighted by molar-refractivity contribution is 0.0723. The lowest BCUT2D eigenvalue weighted by Crippen LogP contribution is -2.12. The minimum atomic E-state index is -0.958. The number of rotatable bonds is 6. The molecule has 12 nitrogen and oxygen atoms in total. The molecule has 0 aliphatic rings. The molecule has 0 amide bonds. The topological polar surface area (TPSA) is 200 Å². The van der Waals surface area contributed by atoms with Crippen molar-refractivity contribution in [3.63, 3.8) is 0 Å². The third-order valence-corrected chi connectivity index (χ3v) is 7.13. The second-order valence-corrected chi connectivity index (χ2v) is 10.2. The van der Waals surface area contributed by atoms with Crippen molar-refractivity contribution in [2.75, 3.05) is 0 Å². The Kier molecular flexibility index (Phi) is 7.59. The maximum atomic E-state index is 13.4. The number of esters is 3. The van der Waals surface area contributed by atoms with Gasteiger partial charge in [0.05, 0.1) is 22.1 Å². The van der Waals surface area contributed by atoms with E-state index in [9.17, 15) is 45.0 Å². The van der Waals surface area contributed by atoms with Crippen molar-refractivity contribution in [3.8, 4) is 51.7 Å². The van der Waals surface area contributed by atoms with Gasteiger partial charge in [-0.15, -0.1) is 0 Å². The van der Waals surface area contributed by atoms with Crippen LogP contribution in [-0.4, -0.2) is 48.5 Å². The van der Waals surface area contributed by atoms with Crippen molar-refractivity contribution in [1.82, 2.24) is 0 Å². The van der Waals surface area contributed by atoms with Crippen LogP contribution in [0.5, 0.6) is 51.7 Å². The fourth-order valence-electron chi connectivity index (χ4n) is 4.79. The minimum Gasteiger partial charge on any atom is -0.504 e. The molecule has 0 heterocycles. The summed E-state index contributed by atoms with van der Waals surface area (Å²) in [5.74, 6) is -5.83. The number of carbonyl (C=O) groups excluding carboxylic acids is 3. The van der Waals surface area contributed by atoms with Gasteiger partial charge in [-0.2, -0.15) is 0 Å². The molecule has 0 saturated heterocycles. The van der Waals surface area contributed by atoms with Gasteiger partial charge in [-0.25, -0.2) is 14.4 Å². The Bertz CT molecular complexity index is 2260. The zero-order valence-electron chi connectivity index (χ0n) is 23.9. The van der Waals surface area contributed by atoms with Crippen LogP contribution in [0, 0.1) is 0 Å². The molecule has 6 rings (SSSR count). The summed E-state index contributed by atoms with van der Waals surface area (Å²) in [7, 11) is 0. The van der Waals surface area contributed by atoms with Gasteiger partial charge in [-0.05, 0) is 78.2 Å². The Labute approximate surface area is 264 Å². The van der Waals surface area contributed by atoms with Gasteiger partial charge >= 0.3 is 17.9 Å². The predicted octanol–water partition coefficient (Wildman–Crippen LogP) is 5.88. The van der Waals surface area contributed by atoms with E-state index in [0.29, 0.717) is 10.8 Å². The molecular weight excluding hydrogens is 612 g/mol. The number of hydrogen-bond acceptors (Lipinski definition) is 12. The molecule has 0 aromatic heterocycles. The lowest BCUT2D eigenvalue weighted by Gasteiger charge is -2.17. The average Bonchev–Trinajstić information content (AvgIpc) is 3.05. The number of phenolic OH excluding ortho intramolecular Hbond substituents is 6. The molecule has 47 heavy (non-hydrogen) atoms. The van der Waals surface area contributed by atoms with Crippen molar-refractivity contribution >= 4 is 39.5 Å². The van der Waals surface area contributed by atoms with Gasteiger partial charge in [0.25, 0.3) is 0 Å². The highest BCUT2D eigenvalue weighted by molar-refractivity contribution is 6.12. The molecule has 0 bridgehead atoms. The minimum absolute atomic E-state index is 0.0310. The quantitative estimate of drug-likeness (QED) is 0.0551. The van der Waals surface area contributed by atoms with Crippen LogP contribution in [0.1, 0.15) is 31.1 Å². The highest BCUT2D eigenvalue weighted by Gasteiger charge is 2.23. The number of phenols is 6. The van der Waals surface area contributed by atoms with Crippen LogP contribution in [-0.2, 0) is 0 Å². The number of fused-ring (bicyclic) bond motifs is 2. The molecule has 6 N–H and O–H groups in total. The van der Waals surface area contributed by atoms with E-state index in [1.807, 2.05) is 0 Å². The summed E-state index contributed by atoms with van der Waals surface area (Å²) in [5, 5.41) is 59.7. The van der Waals surface area contributed by atoms with Gasteiger partial charge in [-0.1, -0.05) is 24.3 Å². The average molecular weight is 635 g/mol. The van der Waals surface area contributed by atoms with Crippen molar-refractivity contribution < 1.29 is 59.2 Å². The Morgan fingerprint density at radius 3 is 1.38 bits per heavy atom. The summed E-state index contributed by atoms with van der Waals surface area (Å²) >= 11 is 0. The van der Waals surface area contributed by atoms with Crippen LogP contribution < -0.4 is 14.2 Å². The van der Waals surface area contributed by atoms with Crippen LogP contribution in [0.4, 0.5) is 0 Å². The maximum absolute atomic E-state index is 13.4. The van der Waals surface area contributed by atoms with Gasteiger partial charge in [0, 0.05) is 10.8 Å². The summed E-state index contributed by atoms with van der Waals surface area (Å²) in [6.45, 7) is 0. The number of aromatic hydroxyl groups is 6. The Hall–Kier alpha value is -6.95. The number of ether oxygens (including phenoxy) is 3. The third kappa shape index (κ3) is 5.81. The number of carbonyl (C=O) groups is 3. The van der Waals surface area contributed by atoms with Gasteiger partial charge in [0.1, 0.15) is 11.5 Å². The molecular formula is C35H22O12. The van der Waals surface area contributed by atoms with Crippen molar-refractivity contribution in [2.24, 2.45) is 0 Å². The lowest BCUT2D eigenvalue weighted by atomic mass is 10.0. The normalized spacial score (nSPS) is 10.9. The van der Waals surface area contributed by atoms with E-state index in [-0.39, 0.29) is 44.7 Å². The largest absolute Gasteiger partial charge is 0.504 e. The van der Waals surface area contributed by atoms with E-state index < -0.39 is 52.4 Å². The molecule has 0 saturated carbocycles. The smallest absolute Gasteiger partial charge is 0.343 e. The maximum Gasteiger partial charge on any atom is 0.343 e. The summed E-state index contributed by atoms with van der Waals surface area (Å²) in [6.07, 6.45) is 0.